The van der Waals surface area contributed by atoms with Crippen molar-refractivity contribution in [1.82, 2.24) is 0 Å². The summed E-state index contributed by atoms with van der Waals surface area (Å²) in [6.45, 7) is 3.38. The van der Waals surface area contributed by atoms with Crippen molar-refractivity contribution in [2.24, 2.45) is 0 Å². The second kappa shape index (κ2) is 4.09. The molecule has 0 saturated carbocycles. The first-order valence-electron chi connectivity index (χ1n) is 4.99. The van der Waals surface area contributed by atoms with Gasteiger partial charge in [-0.3, -0.25) is 0 Å². The van der Waals surface area contributed by atoms with Gasteiger partial charge in [0.05, 0.1) is 13.2 Å². The summed E-state index contributed by atoms with van der Waals surface area (Å²) in [5.74, 6) is 0. The van der Waals surface area contributed by atoms with E-state index in [2.05, 4.69) is 0 Å². The highest BCUT2D eigenvalue weighted by molar-refractivity contribution is 5.13. The topological polar surface area (TPSA) is 29.5 Å². The highest BCUT2D eigenvalue weighted by Gasteiger charge is 2.28. The fraction of sp³-hybridized carbons (Fsp3) is 0.455. The van der Waals surface area contributed by atoms with E-state index in [1.807, 2.05) is 30.3 Å². The van der Waals surface area contributed by atoms with Crippen LogP contribution < -0.4 is 0 Å². The van der Waals surface area contributed by atoms with Crippen molar-refractivity contribution in [1.29, 1.82) is 0 Å². The van der Waals surface area contributed by atoms with Crippen LogP contribution >= 0.6 is 0 Å². The van der Waals surface area contributed by atoms with E-state index in [1.54, 1.807) is 0 Å². The number of benzene rings is 1. The molecule has 0 amide bonds. The molecule has 1 N–H and O–H groups in total. The highest BCUT2D eigenvalue weighted by atomic mass is 16.6. The van der Waals surface area contributed by atoms with Crippen LogP contribution in [0.3, 0.4) is 0 Å². The molecule has 2 rings (SSSR count). The molecule has 76 valence electrons. The molecule has 0 radical (unpaired) electrons. The summed E-state index contributed by atoms with van der Waals surface area (Å²) in [6, 6.07) is 10.1. The summed E-state index contributed by atoms with van der Waals surface area (Å²) < 4.78 is 5.34. The van der Waals surface area contributed by atoms with Gasteiger partial charge in [-0.25, -0.2) is 5.21 Å². The summed E-state index contributed by atoms with van der Waals surface area (Å²) in [5.41, 5.74) is 1.18. The van der Waals surface area contributed by atoms with Gasteiger partial charge in [-0.2, -0.15) is 4.65 Å². The average Bonchev–Trinajstić information content (AvgIpc) is 2.19. The minimum Gasteiger partial charge on any atom is -0.370 e. The van der Waals surface area contributed by atoms with E-state index in [0.717, 1.165) is 0 Å². The second-order valence-corrected chi connectivity index (χ2v) is 3.80. The summed E-state index contributed by atoms with van der Waals surface area (Å²) in [6.07, 6.45) is 0. The zero-order chi connectivity index (χ0) is 9.86. The predicted molar refractivity (Wildman–Crippen MR) is 52.7 cm³/mol. The van der Waals surface area contributed by atoms with Gasteiger partial charge < -0.3 is 4.74 Å². The summed E-state index contributed by atoms with van der Waals surface area (Å²) in [5, 5.41) is 10.2. The number of nitrogens with zero attached hydrogens (tertiary/aromatic N) is 1. The minimum absolute atomic E-state index is 0.115. The van der Waals surface area contributed by atoms with E-state index in [0.29, 0.717) is 32.8 Å². The Morgan fingerprint density at radius 2 is 1.79 bits per heavy atom. The van der Waals surface area contributed by atoms with Gasteiger partial charge in [0.25, 0.3) is 0 Å². The van der Waals surface area contributed by atoms with Crippen molar-refractivity contribution in [2.75, 3.05) is 26.3 Å². The van der Waals surface area contributed by atoms with Crippen LogP contribution in [-0.4, -0.2) is 36.2 Å². The third-order valence-electron chi connectivity index (χ3n) is 2.62. The van der Waals surface area contributed by atoms with E-state index >= 15 is 0 Å². The lowest BCUT2D eigenvalue weighted by Crippen LogP contribution is -2.51. The molecule has 1 aliphatic rings. The summed E-state index contributed by atoms with van der Waals surface area (Å²) >= 11 is 0. The van der Waals surface area contributed by atoms with Crippen LogP contribution in [0.25, 0.3) is 0 Å². The lowest BCUT2D eigenvalue weighted by Gasteiger charge is -2.33. The van der Waals surface area contributed by atoms with Crippen LogP contribution in [0.1, 0.15) is 5.56 Å². The van der Waals surface area contributed by atoms with Crippen molar-refractivity contribution in [3.8, 4) is 0 Å². The van der Waals surface area contributed by atoms with Gasteiger partial charge in [0.15, 0.2) is 0 Å². The largest absolute Gasteiger partial charge is 0.370 e. The molecule has 0 unspecified atom stereocenters. The standard InChI is InChI=1S/C11H16NO2/c13-12(6-8-14-9-7-12)10-11-4-2-1-3-5-11/h1-5,13H,6-10H2/q+1. The van der Waals surface area contributed by atoms with E-state index in [-0.39, 0.29) is 4.65 Å². The molecule has 3 nitrogen and oxygen atoms in total. The quantitative estimate of drug-likeness (QED) is 0.721. The third kappa shape index (κ3) is 2.32. The van der Waals surface area contributed by atoms with Gasteiger partial charge in [0.1, 0.15) is 19.6 Å². The Morgan fingerprint density at radius 3 is 2.43 bits per heavy atom. The smallest absolute Gasteiger partial charge is 0.134 e. The van der Waals surface area contributed by atoms with Crippen molar-refractivity contribution < 1.29 is 14.6 Å². The van der Waals surface area contributed by atoms with E-state index in [1.165, 1.54) is 5.56 Å². The molecule has 1 aliphatic heterocycles. The monoisotopic (exact) mass is 194 g/mol. The van der Waals surface area contributed by atoms with Gasteiger partial charge in [0.2, 0.25) is 0 Å². The first-order chi connectivity index (χ1) is 6.79. The molecular weight excluding hydrogens is 178 g/mol. The van der Waals surface area contributed by atoms with E-state index in [4.69, 9.17) is 4.74 Å². The molecule has 1 fully saturated rings. The first-order valence-corrected chi connectivity index (χ1v) is 4.99. The summed E-state index contributed by atoms with van der Waals surface area (Å²) in [4.78, 5) is 0. The number of hydroxylamine groups is 3. The maximum absolute atomic E-state index is 10.2. The second-order valence-electron chi connectivity index (χ2n) is 3.80. The van der Waals surface area contributed by atoms with Crippen molar-refractivity contribution in [3.63, 3.8) is 0 Å². The van der Waals surface area contributed by atoms with E-state index < -0.39 is 0 Å². The number of ether oxygens (including phenoxy) is 1. The average molecular weight is 194 g/mol. The molecule has 1 heterocycles. The molecular formula is C11H16NO2+. The Bertz CT molecular complexity index is 281. The number of hydrogen-bond donors (Lipinski definition) is 1. The highest BCUT2D eigenvalue weighted by Crippen LogP contribution is 2.13. The molecule has 0 aliphatic carbocycles. The van der Waals surface area contributed by atoms with Gasteiger partial charge >= 0.3 is 0 Å². The molecule has 1 aromatic rings. The van der Waals surface area contributed by atoms with Crippen molar-refractivity contribution in [2.45, 2.75) is 6.54 Å². The Kier molecular flexibility index (Phi) is 2.82. The van der Waals surface area contributed by atoms with Crippen molar-refractivity contribution >= 4 is 0 Å². The van der Waals surface area contributed by atoms with Crippen molar-refractivity contribution in [3.05, 3.63) is 35.9 Å². The Balaban J connectivity index is 2.02. The number of morpholine rings is 1. The van der Waals surface area contributed by atoms with Gasteiger partial charge in [0, 0.05) is 5.56 Å². The number of rotatable bonds is 2. The van der Waals surface area contributed by atoms with Crippen LogP contribution in [0.5, 0.6) is 0 Å². The Morgan fingerprint density at radius 1 is 1.14 bits per heavy atom. The van der Waals surface area contributed by atoms with E-state index in [9.17, 15) is 5.21 Å². The SMILES string of the molecule is O[N+]1(Cc2ccccc2)CCOCC1. The van der Waals surface area contributed by atoms with Gasteiger partial charge in [-0.05, 0) is 0 Å². The third-order valence-corrected chi connectivity index (χ3v) is 2.62. The predicted octanol–water partition coefficient (Wildman–Crippen LogP) is 1.42. The maximum atomic E-state index is 10.2. The molecule has 3 heteroatoms. The van der Waals surface area contributed by atoms with Gasteiger partial charge in [-0.1, -0.05) is 30.3 Å². The maximum Gasteiger partial charge on any atom is 0.134 e. The molecule has 14 heavy (non-hydrogen) atoms. The fourth-order valence-electron chi connectivity index (χ4n) is 1.76. The molecule has 0 bridgehead atoms. The summed E-state index contributed by atoms with van der Waals surface area (Å²) in [7, 11) is 0. The number of quaternary nitrogens is 1. The zero-order valence-corrected chi connectivity index (χ0v) is 8.22. The Hall–Kier alpha value is -0.900. The Labute approximate surface area is 84.1 Å². The molecule has 1 aromatic carbocycles. The zero-order valence-electron chi connectivity index (χ0n) is 8.22. The lowest BCUT2D eigenvalue weighted by molar-refractivity contribution is -1.12. The van der Waals surface area contributed by atoms with Crippen LogP contribution in [0.2, 0.25) is 0 Å². The van der Waals surface area contributed by atoms with Crippen LogP contribution in [0.4, 0.5) is 0 Å². The fourth-order valence-corrected chi connectivity index (χ4v) is 1.76. The van der Waals surface area contributed by atoms with Crippen LogP contribution in [0.15, 0.2) is 30.3 Å². The molecule has 0 atom stereocenters. The van der Waals surface area contributed by atoms with Gasteiger partial charge in [-0.15, -0.1) is 0 Å². The lowest BCUT2D eigenvalue weighted by atomic mass is 10.2. The first kappa shape index (κ1) is 9.65. The molecule has 0 spiro atoms. The normalized spacial score (nSPS) is 20.6. The number of hydrogen-bond acceptors (Lipinski definition) is 2. The van der Waals surface area contributed by atoms with Crippen LogP contribution in [-0.2, 0) is 11.3 Å². The minimum atomic E-state index is 0.115. The molecule has 0 aromatic heterocycles. The van der Waals surface area contributed by atoms with Crippen LogP contribution in [0, 0.1) is 0 Å². The molecule has 1 saturated heterocycles.